The molecule has 3 atom stereocenters. The van der Waals surface area contributed by atoms with Crippen LogP contribution in [0.3, 0.4) is 0 Å². The smallest absolute Gasteiger partial charge is 0.311 e. The van der Waals surface area contributed by atoms with Crippen molar-refractivity contribution in [3.8, 4) is 11.4 Å². The first-order valence-electron chi connectivity index (χ1n) is 13.5. The van der Waals surface area contributed by atoms with E-state index >= 15 is 0 Å². The van der Waals surface area contributed by atoms with Crippen molar-refractivity contribution in [2.24, 2.45) is 13.0 Å². The summed E-state index contributed by atoms with van der Waals surface area (Å²) in [6, 6.07) is 8.40. The number of pyridine rings is 1. The number of hydrogen-bond acceptors (Lipinski definition) is 7. The van der Waals surface area contributed by atoms with E-state index in [9.17, 15) is 14.7 Å². The van der Waals surface area contributed by atoms with E-state index in [1.54, 1.807) is 18.5 Å². The molecule has 0 amide bonds. The lowest BCUT2D eigenvalue weighted by Gasteiger charge is -2.26. The summed E-state index contributed by atoms with van der Waals surface area (Å²) in [7, 11) is 1.77. The Balaban J connectivity index is 1.43. The molecule has 4 heterocycles. The van der Waals surface area contributed by atoms with Crippen LogP contribution in [0, 0.1) is 12.8 Å². The van der Waals surface area contributed by atoms with E-state index < -0.39 is 12.0 Å². The second-order valence-electron chi connectivity index (χ2n) is 10.6. The van der Waals surface area contributed by atoms with Gasteiger partial charge in [-0.2, -0.15) is 0 Å². The molecule has 2 fully saturated rings. The Morgan fingerprint density at radius 1 is 1.18 bits per heavy atom. The first kappa shape index (κ1) is 26.6. The minimum Gasteiger partial charge on any atom is -0.460 e. The van der Waals surface area contributed by atoms with Gasteiger partial charge in [-0.1, -0.05) is 6.07 Å². The summed E-state index contributed by atoms with van der Waals surface area (Å²) in [6.45, 7) is 5.89. The van der Waals surface area contributed by atoms with Gasteiger partial charge in [0, 0.05) is 50.0 Å². The lowest BCUT2D eigenvalue weighted by atomic mass is 9.95. The number of carbonyl (C=O) groups excluding carboxylic acids is 1. The molecule has 204 valence electrons. The van der Waals surface area contributed by atoms with Crippen LogP contribution < -0.4 is 5.56 Å². The van der Waals surface area contributed by atoms with Gasteiger partial charge >= 0.3 is 5.97 Å². The molecule has 0 unspecified atom stereocenters. The van der Waals surface area contributed by atoms with Crippen molar-refractivity contribution < 1.29 is 24.1 Å². The van der Waals surface area contributed by atoms with Gasteiger partial charge in [0.05, 0.1) is 36.3 Å². The fourth-order valence-corrected chi connectivity index (χ4v) is 5.55. The molecule has 0 aliphatic carbocycles. The predicted octanol–water partition coefficient (Wildman–Crippen LogP) is 3.32. The number of aromatic nitrogens is 3. The number of hydrogen-bond donors (Lipinski definition) is 1. The molecule has 3 aromatic rings. The van der Waals surface area contributed by atoms with Crippen LogP contribution in [0.15, 0.2) is 35.3 Å². The molecular formula is C29H37N3O6. The normalized spacial score (nSPS) is 20.1. The molecule has 0 spiro atoms. The summed E-state index contributed by atoms with van der Waals surface area (Å²) in [5.41, 5.74) is 4.51. The van der Waals surface area contributed by atoms with Gasteiger partial charge in [-0.15, -0.1) is 0 Å². The van der Waals surface area contributed by atoms with Crippen LogP contribution in [0.25, 0.3) is 22.4 Å². The zero-order valence-corrected chi connectivity index (χ0v) is 22.4. The van der Waals surface area contributed by atoms with Gasteiger partial charge in [-0.25, -0.2) is 4.98 Å². The molecule has 1 N–H and O–H groups in total. The highest BCUT2D eigenvalue weighted by Crippen LogP contribution is 2.33. The van der Waals surface area contributed by atoms with E-state index in [0.29, 0.717) is 51.3 Å². The minimum absolute atomic E-state index is 0.0172. The predicted molar refractivity (Wildman–Crippen MR) is 143 cm³/mol. The Labute approximate surface area is 222 Å². The monoisotopic (exact) mass is 523 g/mol. The molecule has 9 heteroatoms. The number of carbonyl (C=O) groups is 1. The molecule has 0 bridgehead atoms. The number of imidazole rings is 1. The second-order valence-corrected chi connectivity index (χ2v) is 10.6. The van der Waals surface area contributed by atoms with Crippen molar-refractivity contribution in [1.82, 2.24) is 14.1 Å². The van der Waals surface area contributed by atoms with Crippen molar-refractivity contribution >= 4 is 17.0 Å². The minimum atomic E-state index is -0.805. The van der Waals surface area contributed by atoms with Crippen LogP contribution in [-0.4, -0.2) is 63.8 Å². The van der Waals surface area contributed by atoms with Gasteiger partial charge in [0.1, 0.15) is 11.9 Å². The zero-order chi connectivity index (χ0) is 26.8. The van der Waals surface area contributed by atoms with Gasteiger partial charge in [0.25, 0.3) is 5.56 Å². The Morgan fingerprint density at radius 2 is 1.95 bits per heavy atom. The van der Waals surface area contributed by atoms with Gasteiger partial charge in [-0.3, -0.25) is 9.59 Å². The van der Waals surface area contributed by atoms with E-state index in [-0.39, 0.29) is 23.7 Å². The highest BCUT2D eigenvalue weighted by Gasteiger charge is 2.29. The molecular weight excluding hydrogens is 486 g/mol. The summed E-state index contributed by atoms with van der Waals surface area (Å²) in [6.07, 6.45) is 4.40. The molecule has 2 saturated heterocycles. The topological polar surface area (TPSA) is 105 Å². The van der Waals surface area contributed by atoms with Crippen molar-refractivity contribution in [2.75, 3.05) is 26.4 Å². The molecule has 2 aromatic heterocycles. The van der Waals surface area contributed by atoms with Gasteiger partial charge in [0.15, 0.2) is 0 Å². The number of fused-ring (bicyclic) bond motifs is 1. The molecule has 1 aromatic carbocycles. The van der Waals surface area contributed by atoms with Crippen LogP contribution in [0.5, 0.6) is 0 Å². The fraction of sp³-hybridized carbons (Fsp3) is 0.552. The van der Waals surface area contributed by atoms with Crippen molar-refractivity contribution in [3.63, 3.8) is 0 Å². The first-order chi connectivity index (χ1) is 18.3. The number of aliphatic hydroxyl groups is 1. The van der Waals surface area contributed by atoms with Gasteiger partial charge in [-0.05, 0) is 63.3 Å². The molecule has 2 aliphatic heterocycles. The Bertz CT molecular complexity index is 1320. The van der Waals surface area contributed by atoms with Gasteiger partial charge in [0.2, 0.25) is 0 Å². The molecule has 2 aliphatic rings. The summed E-state index contributed by atoms with van der Waals surface area (Å²) >= 11 is 0. The van der Waals surface area contributed by atoms with Crippen LogP contribution in [-0.2, 0) is 32.5 Å². The number of nitrogens with zero attached hydrogens (tertiary/aromatic N) is 3. The van der Waals surface area contributed by atoms with E-state index in [0.717, 1.165) is 40.8 Å². The fourth-order valence-electron chi connectivity index (χ4n) is 5.55. The molecule has 9 nitrogen and oxygen atoms in total. The third-order valence-electron chi connectivity index (χ3n) is 7.73. The lowest BCUT2D eigenvalue weighted by molar-refractivity contribution is -0.158. The lowest BCUT2D eigenvalue weighted by Crippen LogP contribution is -2.31. The number of aliphatic hydroxyl groups excluding tert-OH is 1. The summed E-state index contributed by atoms with van der Waals surface area (Å²) in [4.78, 5) is 30.1. The maximum atomic E-state index is 12.7. The van der Waals surface area contributed by atoms with Crippen LogP contribution in [0.1, 0.15) is 49.8 Å². The summed E-state index contributed by atoms with van der Waals surface area (Å²) in [5, 5.41) is 10.3. The highest BCUT2D eigenvalue weighted by atomic mass is 16.6. The number of esters is 1. The van der Waals surface area contributed by atoms with Crippen LogP contribution >= 0.6 is 0 Å². The average molecular weight is 524 g/mol. The number of rotatable bonds is 8. The van der Waals surface area contributed by atoms with Crippen LogP contribution in [0.4, 0.5) is 0 Å². The molecule has 0 radical (unpaired) electrons. The SMILES string of the molecule is Cc1cc(-c2nc3cc(CC[C@H](C(=O)O[C@@H]4CCOC4)[C@@H](C)O)ccc3n2C2CCOCC2)cn(C)c1=O. The average Bonchev–Trinajstić information content (AvgIpc) is 3.55. The quantitative estimate of drug-likeness (QED) is 0.452. The van der Waals surface area contributed by atoms with Crippen molar-refractivity contribution in [3.05, 3.63) is 51.9 Å². The second kappa shape index (κ2) is 11.4. The van der Waals surface area contributed by atoms with E-state index in [1.807, 2.05) is 19.2 Å². The molecule has 38 heavy (non-hydrogen) atoms. The van der Waals surface area contributed by atoms with Gasteiger partial charge < -0.3 is 28.5 Å². The maximum absolute atomic E-state index is 12.7. The van der Waals surface area contributed by atoms with E-state index in [1.165, 1.54) is 0 Å². The Kier molecular flexibility index (Phi) is 7.97. The Hall–Kier alpha value is -3.01. The molecule has 0 saturated carbocycles. The van der Waals surface area contributed by atoms with Crippen molar-refractivity contribution in [1.29, 1.82) is 0 Å². The zero-order valence-electron chi connectivity index (χ0n) is 22.4. The van der Waals surface area contributed by atoms with Crippen molar-refractivity contribution in [2.45, 2.75) is 64.2 Å². The molecule has 5 rings (SSSR count). The first-order valence-corrected chi connectivity index (χ1v) is 13.5. The number of benzene rings is 1. The van der Waals surface area contributed by atoms with E-state index in [4.69, 9.17) is 19.2 Å². The number of ether oxygens (including phenoxy) is 3. The third-order valence-corrected chi connectivity index (χ3v) is 7.73. The number of aryl methyl sites for hydroxylation is 3. The largest absolute Gasteiger partial charge is 0.460 e. The summed E-state index contributed by atoms with van der Waals surface area (Å²) < 4.78 is 20.4. The highest BCUT2D eigenvalue weighted by molar-refractivity contribution is 5.81. The Morgan fingerprint density at radius 3 is 2.63 bits per heavy atom. The third kappa shape index (κ3) is 5.55. The maximum Gasteiger partial charge on any atom is 0.311 e. The standard InChI is InChI=1S/C29H37N3O6/c1-18-14-21(16-31(3)28(18)34)27-30-25-15-20(5-7-26(25)32(27)22-8-11-36-12-9-22)4-6-24(19(2)33)29(35)38-23-10-13-37-17-23/h5,7,14-16,19,22-24,33H,4,6,8-13,17H2,1-3H3/t19-,23-,24+/m1/s1. The van der Waals surface area contributed by atoms with E-state index in [2.05, 4.69) is 22.8 Å². The summed E-state index contributed by atoms with van der Waals surface area (Å²) in [5.74, 6) is -0.130. The van der Waals surface area contributed by atoms with Crippen LogP contribution in [0.2, 0.25) is 0 Å².